The molecule has 2 aromatic carbocycles. The number of urea groups is 1. The Morgan fingerprint density at radius 3 is 2.43 bits per heavy atom. The van der Waals surface area contributed by atoms with Gasteiger partial charge in [-0.15, -0.1) is 0 Å². The molecule has 0 unspecified atom stereocenters. The number of ketones is 1. The molecule has 3 amide bonds. The average Bonchev–Trinajstić information content (AvgIpc) is 2.92. The molecule has 28 heavy (non-hydrogen) atoms. The molecule has 1 saturated heterocycles. The fraction of sp³-hybridized carbons (Fsp3) is 0.286. The van der Waals surface area contributed by atoms with Gasteiger partial charge in [0.1, 0.15) is 17.2 Å². The van der Waals surface area contributed by atoms with Crippen molar-refractivity contribution in [2.75, 3.05) is 6.54 Å². The van der Waals surface area contributed by atoms with Crippen LogP contribution in [-0.2, 0) is 10.3 Å². The van der Waals surface area contributed by atoms with Gasteiger partial charge >= 0.3 is 6.03 Å². The lowest BCUT2D eigenvalue weighted by atomic mass is 9.84. The van der Waals surface area contributed by atoms with E-state index in [1.54, 1.807) is 0 Å². The minimum atomic E-state index is -1.34. The lowest BCUT2D eigenvalue weighted by Crippen LogP contribution is -2.44. The van der Waals surface area contributed by atoms with Crippen molar-refractivity contribution in [3.8, 4) is 0 Å². The van der Waals surface area contributed by atoms with Crippen LogP contribution in [0.4, 0.5) is 13.6 Å². The van der Waals surface area contributed by atoms with Crippen LogP contribution in [0.3, 0.4) is 0 Å². The molecule has 5 nitrogen and oxygen atoms in total. The maximum Gasteiger partial charge on any atom is 0.325 e. The summed E-state index contributed by atoms with van der Waals surface area (Å²) in [5, 5.41) is 2.69. The normalized spacial score (nSPS) is 19.0. The van der Waals surface area contributed by atoms with Gasteiger partial charge < -0.3 is 5.32 Å². The number of carbonyl (C=O) groups excluding carboxylic acids is 3. The predicted molar refractivity (Wildman–Crippen MR) is 98.6 cm³/mol. The fourth-order valence-electron chi connectivity index (χ4n) is 3.35. The largest absolute Gasteiger partial charge is 0.325 e. The monoisotopic (exact) mass is 386 g/mol. The van der Waals surface area contributed by atoms with Gasteiger partial charge in [0, 0.05) is 5.56 Å². The lowest BCUT2D eigenvalue weighted by Gasteiger charge is -2.27. The first-order chi connectivity index (χ1) is 13.4. The molecule has 1 heterocycles. The van der Waals surface area contributed by atoms with Gasteiger partial charge in [0.25, 0.3) is 5.91 Å². The number of imide groups is 1. The third kappa shape index (κ3) is 3.65. The van der Waals surface area contributed by atoms with Crippen LogP contribution >= 0.6 is 0 Å². The maximum absolute atomic E-state index is 13.4. The van der Waals surface area contributed by atoms with Crippen molar-refractivity contribution in [1.82, 2.24) is 10.2 Å². The van der Waals surface area contributed by atoms with Crippen LogP contribution in [0.25, 0.3) is 0 Å². The Morgan fingerprint density at radius 2 is 1.79 bits per heavy atom. The Balaban J connectivity index is 1.90. The van der Waals surface area contributed by atoms with Gasteiger partial charge in [0.05, 0.1) is 6.54 Å². The molecule has 1 N–H and O–H groups in total. The quantitative estimate of drug-likeness (QED) is 0.582. The van der Waals surface area contributed by atoms with Crippen LogP contribution in [0.2, 0.25) is 0 Å². The number of hydrogen-bond acceptors (Lipinski definition) is 3. The number of unbranched alkanes of at least 4 members (excludes halogenated alkanes) is 1. The number of halogens is 2. The van der Waals surface area contributed by atoms with Crippen molar-refractivity contribution < 1.29 is 23.2 Å². The molecule has 1 atom stereocenters. The Labute approximate surface area is 161 Å². The molecule has 2 aromatic rings. The third-order valence-corrected chi connectivity index (χ3v) is 4.87. The zero-order valence-electron chi connectivity index (χ0n) is 15.4. The molecule has 146 valence electrons. The van der Waals surface area contributed by atoms with E-state index >= 15 is 0 Å². The first-order valence-corrected chi connectivity index (χ1v) is 9.06. The molecule has 0 bridgehead atoms. The Hall–Kier alpha value is -3.09. The maximum atomic E-state index is 13.4. The van der Waals surface area contributed by atoms with Crippen LogP contribution in [-0.4, -0.2) is 29.2 Å². The van der Waals surface area contributed by atoms with E-state index in [-0.39, 0.29) is 5.56 Å². The molecule has 7 heteroatoms. The highest BCUT2D eigenvalue weighted by atomic mass is 19.1. The van der Waals surface area contributed by atoms with Crippen molar-refractivity contribution in [2.24, 2.45) is 0 Å². The Morgan fingerprint density at radius 1 is 1.07 bits per heavy atom. The summed E-state index contributed by atoms with van der Waals surface area (Å²) in [6, 6.07) is 9.75. The highest BCUT2D eigenvalue weighted by Gasteiger charge is 2.52. The molecule has 1 aliphatic rings. The van der Waals surface area contributed by atoms with E-state index in [1.807, 2.05) is 6.92 Å². The van der Waals surface area contributed by atoms with Crippen LogP contribution < -0.4 is 5.32 Å². The first-order valence-electron chi connectivity index (χ1n) is 9.06. The minimum absolute atomic E-state index is 0.0773. The van der Waals surface area contributed by atoms with E-state index in [1.165, 1.54) is 42.5 Å². The second kappa shape index (κ2) is 7.88. The highest BCUT2D eigenvalue weighted by molar-refractivity contribution is 6.11. The molecule has 0 saturated carbocycles. The topological polar surface area (TPSA) is 66.5 Å². The van der Waals surface area contributed by atoms with E-state index in [0.29, 0.717) is 18.4 Å². The van der Waals surface area contributed by atoms with Crippen molar-refractivity contribution in [3.63, 3.8) is 0 Å². The number of hydrogen-bond donors (Lipinski definition) is 1. The van der Waals surface area contributed by atoms with Gasteiger partial charge in [-0.25, -0.2) is 13.6 Å². The molecule has 0 spiro atoms. The number of rotatable bonds is 7. The van der Waals surface area contributed by atoms with Gasteiger partial charge in [0.15, 0.2) is 5.78 Å². The third-order valence-electron chi connectivity index (χ3n) is 4.87. The highest BCUT2D eigenvalue weighted by Crippen LogP contribution is 2.34. The summed E-state index contributed by atoms with van der Waals surface area (Å²) < 4.78 is 26.7. The van der Waals surface area contributed by atoms with E-state index in [9.17, 15) is 23.2 Å². The predicted octanol–water partition coefficient (Wildman–Crippen LogP) is 3.79. The number of nitrogens with zero attached hydrogens (tertiary/aromatic N) is 1. The molecular formula is C21H20F2N2O3. The number of benzene rings is 2. The van der Waals surface area contributed by atoms with Crippen LogP contribution in [0.1, 0.15) is 42.1 Å². The van der Waals surface area contributed by atoms with Crippen molar-refractivity contribution in [1.29, 1.82) is 0 Å². The molecule has 1 fully saturated rings. The van der Waals surface area contributed by atoms with E-state index < -0.39 is 41.4 Å². The Kier molecular flexibility index (Phi) is 5.53. The Bertz CT molecular complexity index is 914. The molecule has 3 rings (SSSR count). The second-order valence-corrected chi connectivity index (χ2v) is 6.77. The zero-order chi connectivity index (χ0) is 20.3. The van der Waals surface area contributed by atoms with Gasteiger partial charge in [-0.3, -0.25) is 14.5 Å². The van der Waals surface area contributed by atoms with Crippen molar-refractivity contribution >= 4 is 17.7 Å². The van der Waals surface area contributed by atoms with Crippen molar-refractivity contribution in [2.45, 2.75) is 31.7 Å². The summed E-state index contributed by atoms with van der Waals surface area (Å²) in [6.45, 7) is 1.45. The van der Waals surface area contributed by atoms with Crippen LogP contribution in [0.5, 0.6) is 0 Å². The summed E-state index contributed by atoms with van der Waals surface area (Å²) in [5.41, 5.74) is -0.807. The number of Topliss-reactive ketones (excluding diaryl/α,β-unsaturated/α-hetero) is 1. The fourth-order valence-corrected chi connectivity index (χ4v) is 3.35. The van der Waals surface area contributed by atoms with E-state index in [0.717, 1.165) is 17.4 Å². The molecule has 0 aromatic heterocycles. The standard InChI is InChI=1S/C21H20F2N2O3/c1-2-3-11-21(15-7-9-16(22)10-8-15)19(27)25(20(28)24-21)13-18(26)14-5-4-6-17(23)12-14/h4-10,12H,2-3,11,13H2,1H3,(H,24,28)/t21-/m1/s1. The smallest absolute Gasteiger partial charge is 0.319 e. The lowest BCUT2D eigenvalue weighted by molar-refractivity contribution is -0.131. The number of nitrogens with one attached hydrogen (secondary N) is 1. The van der Waals surface area contributed by atoms with Crippen molar-refractivity contribution in [3.05, 3.63) is 71.3 Å². The van der Waals surface area contributed by atoms with Gasteiger partial charge in [-0.2, -0.15) is 0 Å². The summed E-state index contributed by atoms with van der Waals surface area (Å²) in [7, 11) is 0. The van der Waals surface area contributed by atoms with Gasteiger partial charge in [0.2, 0.25) is 0 Å². The SMILES string of the molecule is CCCC[C@]1(c2ccc(F)cc2)NC(=O)N(CC(=O)c2cccc(F)c2)C1=O. The number of amides is 3. The first kappa shape index (κ1) is 19.7. The van der Waals surface area contributed by atoms with E-state index in [2.05, 4.69) is 5.32 Å². The molecule has 0 aliphatic carbocycles. The number of carbonyl (C=O) groups is 3. The summed E-state index contributed by atoms with van der Waals surface area (Å²) in [6.07, 6.45) is 1.76. The van der Waals surface area contributed by atoms with Crippen LogP contribution in [0.15, 0.2) is 48.5 Å². The van der Waals surface area contributed by atoms with E-state index in [4.69, 9.17) is 0 Å². The second-order valence-electron chi connectivity index (χ2n) is 6.77. The molecule has 1 aliphatic heterocycles. The average molecular weight is 386 g/mol. The van der Waals surface area contributed by atoms with Gasteiger partial charge in [-0.1, -0.05) is 44.0 Å². The molecular weight excluding hydrogens is 366 g/mol. The summed E-state index contributed by atoms with van der Waals surface area (Å²) in [5.74, 6) is -2.15. The molecule has 0 radical (unpaired) electrons. The summed E-state index contributed by atoms with van der Waals surface area (Å²) in [4.78, 5) is 39.0. The summed E-state index contributed by atoms with van der Waals surface area (Å²) >= 11 is 0. The van der Waals surface area contributed by atoms with Crippen LogP contribution in [0, 0.1) is 11.6 Å². The minimum Gasteiger partial charge on any atom is -0.319 e. The zero-order valence-corrected chi connectivity index (χ0v) is 15.4. The van der Waals surface area contributed by atoms with Gasteiger partial charge in [-0.05, 0) is 36.2 Å².